The van der Waals surface area contributed by atoms with Gasteiger partial charge < -0.3 is 10.1 Å². The Hall–Kier alpha value is -1.95. The second kappa shape index (κ2) is 5.14. The summed E-state index contributed by atoms with van der Waals surface area (Å²) in [6, 6.07) is 4.85. The maximum atomic E-state index is 13.6. The van der Waals surface area contributed by atoms with E-state index in [-0.39, 0.29) is 5.82 Å². The number of aromatic nitrogens is 1. The number of esters is 1. The van der Waals surface area contributed by atoms with Gasteiger partial charge in [-0.3, -0.25) is 0 Å². The fraction of sp³-hybridized carbons (Fsp3) is 0.167. The molecule has 0 radical (unpaired) electrons. The molecule has 1 N–H and O–H groups in total. The van der Waals surface area contributed by atoms with Crippen LogP contribution in [0.4, 0.5) is 15.2 Å². The third-order valence-corrected chi connectivity index (χ3v) is 3.15. The number of aryl methyl sites for hydroxylation is 1. The van der Waals surface area contributed by atoms with E-state index >= 15 is 0 Å². The van der Waals surface area contributed by atoms with Crippen molar-refractivity contribution in [2.24, 2.45) is 0 Å². The lowest BCUT2D eigenvalue weighted by Crippen LogP contribution is -1.96. The van der Waals surface area contributed by atoms with E-state index in [9.17, 15) is 9.18 Å². The lowest BCUT2D eigenvalue weighted by atomic mass is 10.2. The number of methoxy groups -OCH3 is 1. The number of hydrogen-bond donors (Lipinski definition) is 1. The van der Waals surface area contributed by atoms with E-state index in [0.29, 0.717) is 15.7 Å². The number of benzene rings is 1. The molecule has 94 valence electrons. The van der Waals surface area contributed by atoms with E-state index in [1.54, 1.807) is 12.1 Å². The molecule has 18 heavy (non-hydrogen) atoms. The molecule has 0 fully saturated rings. The van der Waals surface area contributed by atoms with Gasteiger partial charge in [0.25, 0.3) is 0 Å². The normalized spacial score (nSPS) is 10.2. The molecule has 4 nitrogen and oxygen atoms in total. The molecule has 0 saturated carbocycles. The number of nitrogens with one attached hydrogen (secondary N) is 1. The number of hydrogen-bond acceptors (Lipinski definition) is 5. The van der Waals surface area contributed by atoms with E-state index in [0.717, 1.165) is 16.9 Å². The number of halogens is 1. The Morgan fingerprint density at radius 2 is 2.28 bits per heavy atom. The fourth-order valence-electron chi connectivity index (χ4n) is 1.36. The van der Waals surface area contributed by atoms with Gasteiger partial charge in [0.15, 0.2) is 5.13 Å². The van der Waals surface area contributed by atoms with Gasteiger partial charge in [0.05, 0.1) is 19.0 Å². The minimum absolute atomic E-state index is 0.325. The molecule has 1 heterocycles. The second-order valence-electron chi connectivity index (χ2n) is 3.63. The van der Waals surface area contributed by atoms with Crippen molar-refractivity contribution in [3.63, 3.8) is 0 Å². The first-order valence-electron chi connectivity index (χ1n) is 5.17. The molecule has 0 amide bonds. The van der Waals surface area contributed by atoms with Gasteiger partial charge >= 0.3 is 5.97 Å². The first kappa shape index (κ1) is 12.5. The van der Waals surface area contributed by atoms with Crippen LogP contribution >= 0.6 is 11.3 Å². The van der Waals surface area contributed by atoms with Crippen LogP contribution in [0.5, 0.6) is 0 Å². The molecule has 0 aliphatic rings. The van der Waals surface area contributed by atoms with Crippen molar-refractivity contribution in [2.45, 2.75) is 6.92 Å². The highest BCUT2D eigenvalue weighted by atomic mass is 32.1. The first-order valence-corrected chi connectivity index (χ1v) is 5.99. The van der Waals surface area contributed by atoms with Gasteiger partial charge in [-0.25, -0.2) is 14.2 Å². The SMILES string of the molecule is COC(=O)c1cnc(Nc2ccc(C)cc2F)s1. The molecule has 0 atom stereocenters. The monoisotopic (exact) mass is 266 g/mol. The lowest BCUT2D eigenvalue weighted by molar-refractivity contribution is 0.0606. The molecule has 2 rings (SSSR count). The predicted molar refractivity (Wildman–Crippen MR) is 67.9 cm³/mol. The lowest BCUT2D eigenvalue weighted by Gasteiger charge is -2.04. The molecular weight excluding hydrogens is 255 g/mol. The fourth-order valence-corrected chi connectivity index (χ4v) is 2.11. The van der Waals surface area contributed by atoms with Crippen LogP contribution in [0.2, 0.25) is 0 Å². The summed E-state index contributed by atoms with van der Waals surface area (Å²) in [5, 5.41) is 3.27. The number of ether oxygens (including phenoxy) is 1. The zero-order chi connectivity index (χ0) is 13.1. The van der Waals surface area contributed by atoms with Crippen LogP contribution in [0.25, 0.3) is 0 Å². The van der Waals surface area contributed by atoms with Gasteiger partial charge in [0.2, 0.25) is 0 Å². The molecule has 0 aliphatic heterocycles. The largest absolute Gasteiger partial charge is 0.465 e. The Bertz CT molecular complexity index is 583. The van der Waals surface area contributed by atoms with E-state index < -0.39 is 5.97 Å². The van der Waals surface area contributed by atoms with E-state index in [2.05, 4.69) is 15.0 Å². The Morgan fingerprint density at radius 1 is 1.50 bits per heavy atom. The highest BCUT2D eigenvalue weighted by molar-refractivity contribution is 7.17. The summed E-state index contributed by atoms with van der Waals surface area (Å²) < 4.78 is 18.2. The van der Waals surface area contributed by atoms with Crippen molar-refractivity contribution >= 4 is 28.1 Å². The molecule has 2 aromatic rings. The first-order chi connectivity index (χ1) is 8.60. The van der Waals surface area contributed by atoms with Crippen molar-refractivity contribution in [3.8, 4) is 0 Å². The number of thiazole rings is 1. The molecule has 0 bridgehead atoms. The van der Waals surface area contributed by atoms with Crippen LogP contribution in [0, 0.1) is 12.7 Å². The topological polar surface area (TPSA) is 51.2 Å². The Balaban J connectivity index is 2.18. The molecular formula is C12H11FN2O2S. The number of anilines is 2. The standard InChI is InChI=1S/C12H11FN2O2S/c1-7-3-4-9(8(13)5-7)15-12-14-6-10(18-12)11(16)17-2/h3-6H,1-2H3,(H,14,15). The summed E-state index contributed by atoms with van der Waals surface area (Å²) in [6.45, 7) is 1.81. The van der Waals surface area contributed by atoms with E-state index in [1.165, 1.54) is 19.4 Å². The average Bonchev–Trinajstić information content (AvgIpc) is 2.80. The summed E-state index contributed by atoms with van der Waals surface area (Å²) in [7, 11) is 1.30. The average molecular weight is 266 g/mol. The highest BCUT2D eigenvalue weighted by Gasteiger charge is 2.11. The van der Waals surface area contributed by atoms with Gasteiger partial charge in [-0.05, 0) is 24.6 Å². The Labute approximate surface area is 107 Å². The summed E-state index contributed by atoms with van der Waals surface area (Å²) in [4.78, 5) is 15.6. The van der Waals surface area contributed by atoms with Gasteiger partial charge in [-0.1, -0.05) is 17.4 Å². The van der Waals surface area contributed by atoms with Crippen molar-refractivity contribution in [1.82, 2.24) is 4.98 Å². The Morgan fingerprint density at radius 3 is 2.94 bits per heavy atom. The molecule has 0 aliphatic carbocycles. The van der Waals surface area contributed by atoms with Gasteiger partial charge in [-0.2, -0.15) is 0 Å². The molecule has 0 unspecified atom stereocenters. The van der Waals surface area contributed by atoms with Crippen LogP contribution in [0.1, 0.15) is 15.2 Å². The van der Waals surface area contributed by atoms with Gasteiger partial charge in [0.1, 0.15) is 10.7 Å². The van der Waals surface area contributed by atoms with Crippen LogP contribution in [0.15, 0.2) is 24.4 Å². The van der Waals surface area contributed by atoms with Crippen molar-refractivity contribution in [3.05, 3.63) is 40.7 Å². The second-order valence-corrected chi connectivity index (χ2v) is 4.66. The minimum Gasteiger partial charge on any atom is -0.465 e. The van der Waals surface area contributed by atoms with Crippen LogP contribution in [0.3, 0.4) is 0 Å². The zero-order valence-electron chi connectivity index (χ0n) is 9.86. The van der Waals surface area contributed by atoms with Crippen molar-refractivity contribution in [2.75, 3.05) is 12.4 Å². The molecule has 1 aromatic carbocycles. The van der Waals surface area contributed by atoms with Crippen LogP contribution in [-0.2, 0) is 4.74 Å². The van der Waals surface area contributed by atoms with Crippen LogP contribution in [-0.4, -0.2) is 18.1 Å². The molecule has 0 spiro atoms. The highest BCUT2D eigenvalue weighted by Crippen LogP contribution is 2.25. The number of carbonyl (C=O) groups excluding carboxylic acids is 1. The van der Waals surface area contributed by atoms with E-state index in [4.69, 9.17) is 0 Å². The number of nitrogens with zero attached hydrogens (tertiary/aromatic N) is 1. The summed E-state index contributed by atoms with van der Waals surface area (Å²) in [5.74, 6) is -0.810. The smallest absolute Gasteiger partial charge is 0.349 e. The maximum Gasteiger partial charge on any atom is 0.349 e. The van der Waals surface area contributed by atoms with Crippen molar-refractivity contribution < 1.29 is 13.9 Å². The molecule has 6 heteroatoms. The number of rotatable bonds is 3. The molecule has 0 saturated heterocycles. The summed E-state index contributed by atoms with van der Waals surface area (Å²) in [6.07, 6.45) is 1.39. The third-order valence-electron chi connectivity index (χ3n) is 2.26. The zero-order valence-corrected chi connectivity index (χ0v) is 10.7. The molecule has 1 aromatic heterocycles. The van der Waals surface area contributed by atoms with Crippen molar-refractivity contribution in [1.29, 1.82) is 0 Å². The minimum atomic E-state index is -0.454. The number of carbonyl (C=O) groups is 1. The van der Waals surface area contributed by atoms with Gasteiger partial charge in [0, 0.05) is 0 Å². The third kappa shape index (κ3) is 2.65. The van der Waals surface area contributed by atoms with Gasteiger partial charge in [-0.15, -0.1) is 0 Å². The predicted octanol–water partition coefficient (Wildman–Crippen LogP) is 3.12. The van der Waals surface area contributed by atoms with E-state index in [1.807, 2.05) is 6.92 Å². The summed E-state index contributed by atoms with van der Waals surface area (Å²) in [5.41, 5.74) is 1.17. The maximum absolute atomic E-state index is 13.6. The summed E-state index contributed by atoms with van der Waals surface area (Å²) >= 11 is 1.11. The van der Waals surface area contributed by atoms with Crippen LogP contribution < -0.4 is 5.32 Å². The quantitative estimate of drug-likeness (QED) is 0.867. The Kier molecular flexibility index (Phi) is 3.57.